The van der Waals surface area contributed by atoms with Crippen LogP contribution >= 0.6 is 0 Å². The monoisotopic (exact) mass is 444 g/mol. The van der Waals surface area contributed by atoms with Crippen LogP contribution in [0.15, 0.2) is 36.5 Å². The Morgan fingerprint density at radius 1 is 1.06 bits per heavy atom. The number of carbonyl (C=O) groups is 1. The molecule has 0 unspecified atom stereocenters. The first-order chi connectivity index (χ1) is 16.0. The van der Waals surface area contributed by atoms with Crippen molar-refractivity contribution < 1.29 is 4.79 Å². The molecular formula is C26H32N6O. The number of nitrogens with zero attached hydrogens (tertiary/aromatic N) is 6. The molecule has 1 amide bonds. The molecule has 1 aromatic carbocycles. The van der Waals surface area contributed by atoms with Gasteiger partial charge in [-0.1, -0.05) is 30.3 Å². The van der Waals surface area contributed by atoms with Crippen LogP contribution in [0.3, 0.4) is 0 Å². The molecule has 172 valence electrons. The van der Waals surface area contributed by atoms with Gasteiger partial charge in [-0.15, -0.1) is 0 Å². The van der Waals surface area contributed by atoms with Crippen molar-refractivity contribution in [1.82, 2.24) is 24.6 Å². The minimum atomic E-state index is 0.0608. The van der Waals surface area contributed by atoms with Gasteiger partial charge in [0.05, 0.1) is 11.3 Å². The van der Waals surface area contributed by atoms with Crippen LogP contribution in [0.2, 0.25) is 0 Å². The molecule has 33 heavy (non-hydrogen) atoms. The third kappa shape index (κ3) is 4.36. The molecule has 0 aliphatic carbocycles. The summed E-state index contributed by atoms with van der Waals surface area (Å²) in [4.78, 5) is 27.6. The first kappa shape index (κ1) is 21.6. The highest BCUT2D eigenvalue weighted by Crippen LogP contribution is 2.32. The molecule has 0 saturated carbocycles. The van der Waals surface area contributed by atoms with Gasteiger partial charge in [0.25, 0.3) is 5.91 Å². The largest absolute Gasteiger partial charge is 0.352 e. The van der Waals surface area contributed by atoms with Crippen molar-refractivity contribution in [3.8, 4) is 0 Å². The molecule has 1 fully saturated rings. The SMILES string of the molecule is Cc1nn(C)cc1C(=O)N1CCC[C@@H](c2nc(C)c3c(n2)N(Cc2ccccc2)CCC3)C1. The Hall–Kier alpha value is -3.22. The lowest BCUT2D eigenvalue weighted by Crippen LogP contribution is -2.40. The fourth-order valence-electron chi connectivity index (χ4n) is 5.20. The molecule has 0 N–H and O–H groups in total. The Morgan fingerprint density at radius 3 is 2.64 bits per heavy atom. The van der Waals surface area contributed by atoms with E-state index in [1.54, 1.807) is 4.68 Å². The number of hydrogen-bond donors (Lipinski definition) is 0. The normalized spacial score (nSPS) is 18.3. The molecule has 2 aromatic heterocycles. The molecule has 2 aliphatic heterocycles. The quantitative estimate of drug-likeness (QED) is 0.612. The van der Waals surface area contributed by atoms with Gasteiger partial charge in [0.15, 0.2) is 0 Å². The number of fused-ring (bicyclic) bond motifs is 1. The van der Waals surface area contributed by atoms with Gasteiger partial charge in [-0.05, 0) is 45.1 Å². The van der Waals surface area contributed by atoms with E-state index in [4.69, 9.17) is 9.97 Å². The molecule has 0 spiro atoms. The average Bonchev–Trinajstić information content (AvgIpc) is 3.17. The number of carbonyl (C=O) groups excluding carboxylic acids is 1. The van der Waals surface area contributed by atoms with Crippen LogP contribution in [0.25, 0.3) is 0 Å². The van der Waals surface area contributed by atoms with Crippen LogP contribution in [0.5, 0.6) is 0 Å². The molecule has 7 heteroatoms. The zero-order chi connectivity index (χ0) is 22.9. The van der Waals surface area contributed by atoms with Crippen molar-refractivity contribution in [2.24, 2.45) is 7.05 Å². The number of piperidine rings is 1. The van der Waals surface area contributed by atoms with Crippen LogP contribution in [-0.2, 0) is 20.0 Å². The van der Waals surface area contributed by atoms with E-state index in [2.05, 4.69) is 47.3 Å². The van der Waals surface area contributed by atoms with Gasteiger partial charge < -0.3 is 9.80 Å². The second-order valence-corrected chi connectivity index (χ2v) is 9.37. The fraction of sp³-hybridized carbons (Fsp3) is 0.462. The van der Waals surface area contributed by atoms with E-state index in [9.17, 15) is 4.79 Å². The highest BCUT2D eigenvalue weighted by atomic mass is 16.2. The van der Waals surface area contributed by atoms with Crippen molar-refractivity contribution in [2.75, 3.05) is 24.5 Å². The number of likely N-dealkylation sites (tertiary alicyclic amines) is 1. The fourth-order valence-corrected chi connectivity index (χ4v) is 5.20. The number of benzene rings is 1. The predicted octanol–water partition coefficient (Wildman–Crippen LogP) is 3.80. The first-order valence-electron chi connectivity index (χ1n) is 12.0. The second kappa shape index (κ2) is 8.96. The zero-order valence-electron chi connectivity index (χ0n) is 19.8. The van der Waals surface area contributed by atoms with Crippen molar-refractivity contribution >= 4 is 11.7 Å². The van der Waals surface area contributed by atoms with Gasteiger partial charge in [0, 0.05) is 56.6 Å². The van der Waals surface area contributed by atoms with Gasteiger partial charge in [0.2, 0.25) is 0 Å². The number of aromatic nitrogens is 4. The summed E-state index contributed by atoms with van der Waals surface area (Å²) in [7, 11) is 1.85. The average molecular weight is 445 g/mol. The summed E-state index contributed by atoms with van der Waals surface area (Å²) in [6.07, 6.45) is 5.94. The van der Waals surface area contributed by atoms with E-state index < -0.39 is 0 Å². The summed E-state index contributed by atoms with van der Waals surface area (Å²) < 4.78 is 1.71. The maximum Gasteiger partial charge on any atom is 0.257 e. The third-order valence-corrected chi connectivity index (χ3v) is 6.90. The van der Waals surface area contributed by atoms with Crippen molar-refractivity contribution in [1.29, 1.82) is 0 Å². The summed E-state index contributed by atoms with van der Waals surface area (Å²) in [5.41, 5.74) is 5.12. The van der Waals surface area contributed by atoms with Gasteiger partial charge >= 0.3 is 0 Å². The minimum Gasteiger partial charge on any atom is -0.352 e. The van der Waals surface area contributed by atoms with E-state index in [0.29, 0.717) is 12.1 Å². The standard InChI is InChI=1S/C26H32N6O/c1-18-22-12-8-13-31(15-20-9-5-4-6-10-20)25(22)28-24(27-18)21-11-7-14-32(16-21)26(33)23-17-30(3)29-19(23)2/h4-6,9-10,17,21H,7-8,11-16H2,1-3H3/t21-/m1/s1. The first-order valence-corrected chi connectivity index (χ1v) is 12.0. The lowest BCUT2D eigenvalue weighted by Gasteiger charge is -2.34. The van der Waals surface area contributed by atoms with Crippen LogP contribution in [0.4, 0.5) is 5.82 Å². The van der Waals surface area contributed by atoms with Crippen LogP contribution in [0.1, 0.15) is 63.9 Å². The van der Waals surface area contributed by atoms with Crippen molar-refractivity contribution in [3.05, 3.63) is 70.4 Å². The lowest BCUT2D eigenvalue weighted by molar-refractivity contribution is 0.0703. The topological polar surface area (TPSA) is 67.2 Å². The molecule has 7 nitrogen and oxygen atoms in total. The number of hydrogen-bond acceptors (Lipinski definition) is 5. The Bertz CT molecular complexity index is 1160. The van der Waals surface area contributed by atoms with Crippen LogP contribution < -0.4 is 4.90 Å². The molecule has 0 radical (unpaired) electrons. The van der Waals surface area contributed by atoms with E-state index in [1.807, 2.05) is 25.1 Å². The van der Waals surface area contributed by atoms with Gasteiger partial charge in [-0.2, -0.15) is 5.10 Å². The highest BCUT2D eigenvalue weighted by molar-refractivity contribution is 5.95. The summed E-state index contributed by atoms with van der Waals surface area (Å²) in [6, 6.07) is 10.6. The number of aryl methyl sites for hydroxylation is 3. The van der Waals surface area contributed by atoms with E-state index >= 15 is 0 Å². The van der Waals surface area contributed by atoms with Crippen LogP contribution in [-0.4, -0.2) is 50.2 Å². The predicted molar refractivity (Wildman–Crippen MR) is 128 cm³/mol. The van der Waals surface area contributed by atoms with E-state index in [0.717, 1.165) is 68.3 Å². The molecule has 1 saturated heterocycles. The van der Waals surface area contributed by atoms with Crippen molar-refractivity contribution in [2.45, 2.75) is 52.0 Å². The Kier molecular flexibility index (Phi) is 5.87. The second-order valence-electron chi connectivity index (χ2n) is 9.37. The Balaban J connectivity index is 1.40. The van der Waals surface area contributed by atoms with Gasteiger partial charge in [0.1, 0.15) is 11.6 Å². The van der Waals surface area contributed by atoms with E-state index in [-0.39, 0.29) is 11.8 Å². The Labute approximate surface area is 195 Å². The third-order valence-electron chi connectivity index (χ3n) is 6.90. The molecule has 5 rings (SSSR count). The molecule has 4 heterocycles. The van der Waals surface area contributed by atoms with Crippen molar-refractivity contribution in [3.63, 3.8) is 0 Å². The summed E-state index contributed by atoms with van der Waals surface area (Å²) in [5.74, 6) is 2.18. The smallest absolute Gasteiger partial charge is 0.257 e. The minimum absolute atomic E-state index is 0.0608. The summed E-state index contributed by atoms with van der Waals surface area (Å²) >= 11 is 0. The summed E-state index contributed by atoms with van der Waals surface area (Å²) in [5, 5.41) is 4.35. The Morgan fingerprint density at radius 2 is 1.88 bits per heavy atom. The molecular weight excluding hydrogens is 412 g/mol. The van der Waals surface area contributed by atoms with Gasteiger partial charge in [-0.25, -0.2) is 9.97 Å². The molecule has 2 aliphatic rings. The maximum atomic E-state index is 13.2. The maximum absolute atomic E-state index is 13.2. The zero-order valence-corrected chi connectivity index (χ0v) is 19.8. The van der Waals surface area contributed by atoms with E-state index in [1.165, 1.54) is 11.1 Å². The molecule has 0 bridgehead atoms. The highest BCUT2D eigenvalue weighted by Gasteiger charge is 2.30. The summed E-state index contributed by atoms with van der Waals surface area (Å²) in [6.45, 7) is 7.30. The molecule has 1 atom stereocenters. The number of amides is 1. The molecule has 3 aromatic rings. The van der Waals surface area contributed by atoms with Crippen LogP contribution in [0, 0.1) is 13.8 Å². The number of rotatable bonds is 4. The van der Waals surface area contributed by atoms with Gasteiger partial charge in [-0.3, -0.25) is 9.48 Å². The lowest BCUT2D eigenvalue weighted by atomic mass is 9.95. The number of anilines is 1.